The van der Waals surface area contributed by atoms with Crippen LogP contribution >= 0.6 is 23.2 Å². The zero-order chi connectivity index (χ0) is 8.85. The Morgan fingerprint density at radius 1 is 1.64 bits per heavy atom. The SMILES string of the molecule is CCOC(=O)C(C#N)=C(Cl)Cl. The highest BCUT2D eigenvalue weighted by atomic mass is 35.5. The molecule has 0 aromatic carbocycles. The summed E-state index contributed by atoms with van der Waals surface area (Å²) < 4.78 is 4.10. The molecule has 0 saturated carbocycles. The number of rotatable bonds is 2. The molecule has 0 saturated heterocycles. The third kappa shape index (κ3) is 3.26. The number of halogens is 2. The van der Waals surface area contributed by atoms with Crippen molar-refractivity contribution >= 4 is 29.2 Å². The number of carbonyl (C=O) groups excluding carboxylic acids is 1. The number of nitriles is 1. The van der Waals surface area contributed by atoms with E-state index >= 15 is 0 Å². The lowest BCUT2D eigenvalue weighted by molar-refractivity contribution is -0.138. The van der Waals surface area contributed by atoms with E-state index in [1.807, 2.05) is 0 Å². The lowest BCUT2D eigenvalue weighted by Crippen LogP contribution is -2.06. The van der Waals surface area contributed by atoms with Gasteiger partial charge < -0.3 is 4.74 Å². The summed E-state index contributed by atoms with van der Waals surface area (Å²) in [4.78, 5) is 10.7. The van der Waals surface area contributed by atoms with E-state index < -0.39 is 5.97 Å². The monoisotopic (exact) mass is 193 g/mol. The molecule has 0 heterocycles. The summed E-state index contributed by atoms with van der Waals surface area (Å²) in [6, 6.07) is 1.53. The molecule has 60 valence electrons. The molecule has 0 fully saturated rings. The molecule has 5 heteroatoms. The maximum atomic E-state index is 10.7. The topological polar surface area (TPSA) is 50.1 Å². The zero-order valence-corrected chi connectivity index (χ0v) is 7.24. The lowest BCUT2D eigenvalue weighted by atomic mass is 10.3. The largest absolute Gasteiger partial charge is 0.462 e. The van der Waals surface area contributed by atoms with E-state index in [9.17, 15) is 4.79 Å². The normalized spacial score (nSPS) is 8.18. The van der Waals surface area contributed by atoms with E-state index in [4.69, 9.17) is 28.5 Å². The summed E-state index contributed by atoms with van der Waals surface area (Å²) in [5, 5.41) is 8.32. The van der Waals surface area contributed by atoms with E-state index in [1.165, 1.54) is 6.07 Å². The summed E-state index contributed by atoms with van der Waals surface area (Å²) >= 11 is 10.4. The summed E-state index contributed by atoms with van der Waals surface area (Å²) in [5.74, 6) is -0.796. The van der Waals surface area contributed by atoms with Crippen molar-refractivity contribution in [3.63, 3.8) is 0 Å². The Bertz CT molecular complexity index is 225. The second-order valence-corrected chi connectivity index (χ2v) is 2.42. The zero-order valence-electron chi connectivity index (χ0n) is 5.73. The van der Waals surface area contributed by atoms with Crippen LogP contribution in [0.2, 0.25) is 0 Å². The molecule has 0 N–H and O–H groups in total. The van der Waals surface area contributed by atoms with Crippen LogP contribution in [0.3, 0.4) is 0 Å². The molecule has 0 spiro atoms. The van der Waals surface area contributed by atoms with Crippen LogP contribution in [0, 0.1) is 11.3 Å². The van der Waals surface area contributed by atoms with E-state index in [0.717, 1.165) is 0 Å². The van der Waals surface area contributed by atoms with E-state index in [2.05, 4.69) is 4.74 Å². The van der Waals surface area contributed by atoms with Gasteiger partial charge in [0.2, 0.25) is 0 Å². The van der Waals surface area contributed by atoms with E-state index in [1.54, 1.807) is 6.92 Å². The number of hydrogen-bond donors (Lipinski definition) is 0. The Balaban J connectivity index is 4.45. The van der Waals surface area contributed by atoms with Gasteiger partial charge >= 0.3 is 5.97 Å². The summed E-state index contributed by atoms with van der Waals surface area (Å²) in [5.41, 5.74) is -0.366. The van der Waals surface area contributed by atoms with Crippen molar-refractivity contribution in [1.82, 2.24) is 0 Å². The first kappa shape index (κ1) is 10.3. The van der Waals surface area contributed by atoms with Gasteiger partial charge in [0.1, 0.15) is 10.6 Å². The molecule has 0 radical (unpaired) electrons. The Morgan fingerprint density at radius 2 is 2.18 bits per heavy atom. The van der Waals surface area contributed by atoms with Crippen LogP contribution in [0.25, 0.3) is 0 Å². The number of esters is 1. The summed E-state index contributed by atoms with van der Waals surface area (Å²) in [7, 11) is 0. The fraction of sp³-hybridized carbons (Fsp3) is 0.333. The molecule has 0 bridgehead atoms. The molecule has 0 unspecified atom stereocenters. The minimum atomic E-state index is -0.796. The average molecular weight is 194 g/mol. The van der Waals surface area contributed by atoms with Crippen LogP contribution in [-0.2, 0) is 9.53 Å². The molecule has 0 aliphatic heterocycles. The summed E-state index contributed by atoms with van der Waals surface area (Å²) in [6.07, 6.45) is 0. The maximum Gasteiger partial charge on any atom is 0.351 e. The molecule has 0 aromatic heterocycles. The standard InChI is InChI=1S/C6H5Cl2NO2/c1-2-11-6(10)4(3-9)5(7)8/h2H2,1H3. The first-order valence-corrected chi connectivity index (χ1v) is 3.51. The lowest BCUT2D eigenvalue weighted by Gasteiger charge is -1.97. The Hall–Kier alpha value is -0.720. The Labute approximate surface area is 74.1 Å². The third-order valence-electron chi connectivity index (χ3n) is 0.780. The van der Waals surface area contributed by atoms with Crippen LogP contribution in [0.5, 0.6) is 0 Å². The van der Waals surface area contributed by atoms with Gasteiger partial charge in [0.05, 0.1) is 6.61 Å². The van der Waals surface area contributed by atoms with Gasteiger partial charge in [-0.05, 0) is 6.92 Å². The van der Waals surface area contributed by atoms with Gasteiger partial charge in [-0.25, -0.2) is 4.79 Å². The number of carbonyl (C=O) groups is 1. The van der Waals surface area contributed by atoms with Gasteiger partial charge in [-0.15, -0.1) is 0 Å². The molecule has 0 aliphatic carbocycles. The van der Waals surface area contributed by atoms with Gasteiger partial charge in [0, 0.05) is 0 Å². The molecule has 0 aliphatic rings. The van der Waals surface area contributed by atoms with E-state index in [-0.39, 0.29) is 16.7 Å². The van der Waals surface area contributed by atoms with Crippen LogP contribution in [0.4, 0.5) is 0 Å². The van der Waals surface area contributed by atoms with Crippen molar-refractivity contribution in [2.24, 2.45) is 0 Å². The number of nitrogens with zero attached hydrogens (tertiary/aromatic N) is 1. The van der Waals surface area contributed by atoms with Crippen molar-refractivity contribution < 1.29 is 9.53 Å². The molecule has 0 atom stereocenters. The minimum Gasteiger partial charge on any atom is -0.462 e. The van der Waals surface area contributed by atoms with Crippen LogP contribution in [-0.4, -0.2) is 12.6 Å². The Morgan fingerprint density at radius 3 is 2.45 bits per heavy atom. The first-order valence-electron chi connectivity index (χ1n) is 2.76. The van der Waals surface area contributed by atoms with Crippen molar-refractivity contribution in [2.45, 2.75) is 6.92 Å². The third-order valence-corrected chi connectivity index (χ3v) is 1.16. The first-order chi connectivity index (χ1) is 5.13. The maximum absolute atomic E-state index is 10.7. The van der Waals surface area contributed by atoms with Gasteiger partial charge in [0.25, 0.3) is 0 Å². The highest BCUT2D eigenvalue weighted by molar-refractivity contribution is 6.57. The molecule has 0 rings (SSSR count). The quantitative estimate of drug-likeness (QED) is 0.382. The van der Waals surface area contributed by atoms with Crippen LogP contribution in [0.1, 0.15) is 6.92 Å². The fourth-order valence-corrected chi connectivity index (χ4v) is 0.607. The number of hydrogen-bond acceptors (Lipinski definition) is 3. The number of ether oxygens (including phenoxy) is 1. The van der Waals surface area contributed by atoms with Gasteiger partial charge in [0.15, 0.2) is 5.57 Å². The molecule has 3 nitrogen and oxygen atoms in total. The Kier molecular flexibility index (Phi) is 4.67. The van der Waals surface area contributed by atoms with Gasteiger partial charge in [-0.1, -0.05) is 23.2 Å². The predicted molar refractivity (Wildman–Crippen MR) is 41.0 cm³/mol. The van der Waals surface area contributed by atoms with Gasteiger partial charge in [-0.2, -0.15) is 5.26 Å². The highest BCUT2D eigenvalue weighted by Crippen LogP contribution is 2.14. The van der Waals surface area contributed by atoms with E-state index in [0.29, 0.717) is 0 Å². The summed E-state index contributed by atoms with van der Waals surface area (Å²) in [6.45, 7) is 1.81. The van der Waals surface area contributed by atoms with Crippen LogP contribution in [0.15, 0.2) is 10.1 Å². The van der Waals surface area contributed by atoms with Crippen molar-refractivity contribution in [3.8, 4) is 6.07 Å². The molecular weight excluding hydrogens is 189 g/mol. The smallest absolute Gasteiger partial charge is 0.351 e. The molecule has 0 amide bonds. The molecule has 0 aromatic rings. The van der Waals surface area contributed by atoms with Crippen molar-refractivity contribution in [3.05, 3.63) is 10.1 Å². The molecular formula is C6H5Cl2NO2. The van der Waals surface area contributed by atoms with Crippen LogP contribution < -0.4 is 0 Å². The van der Waals surface area contributed by atoms with Crippen molar-refractivity contribution in [1.29, 1.82) is 5.26 Å². The van der Waals surface area contributed by atoms with Gasteiger partial charge in [-0.3, -0.25) is 0 Å². The average Bonchev–Trinajstić information content (AvgIpc) is 1.88. The second-order valence-electron chi connectivity index (χ2n) is 1.47. The highest BCUT2D eigenvalue weighted by Gasteiger charge is 2.13. The predicted octanol–water partition coefficient (Wildman–Crippen LogP) is 1.76. The molecule has 11 heavy (non-hydrogen) atoms. The fourth-order valence-electron chi connectivity index (χ4n) is 0.368. The second kappa shape index (κ2) is 5.00. The van der Waals surface area contributed by atoms with Crippen molar-refractivity contribution in [2.75, 3.05) is 6.61 Å². The minimum absolute atomic E-state index is 0.186.